The van der Waals surface area contributed by atoms with E-state index in [2.05, 4.69) is 12.2 Å². The molecule has 120 valence electrons. The van der Waals surface area contributed by atoms with E-state index in [1.165, 1.54) is 24.8 Å². The average molecular weight is 303 g/mol. The molecule has 4 heteroatoms. The topological polar surface area (TPSA) is 55.4 Å². The number of amides is 1. The largest absolute Gasteiger partial charge is 0.456 e. The van der Waals surface area contributed by atoms with Crippen molar-refractivity contribution in [2.24, 2.45) is 5.92 Å². The quantitative estimate of drug-likeness (QED) is 0.815. The first kappa shape index (κ1) is 16.5. The first-order chi connectivity index (χ1) is 10.7. The highest BCUT2D eigenvalue weighted by Crippen LogP contribution is 2.26. The highest BCUT2D eigenvalue weighted by Gasteiger charge is 2.18. The Kier molecular flexibility index (Phi) is 6.44. The lowest BCUT2D eigenvalue weighted by molar-refractivity contribution is -0.148. The number of carbonyl (C=O) groups excluding carboxylic acids is 2. The molecule has 1 saturated carbocycles. The molecule has 0 unspecified atom stereocenters. The van der Waals surface area contributed by atoms with Crippen molar-refractivity contribution in [2.75, 3.05) is 11.9 Å². The number of hydrogen-bond acceptors (Lipinski definition) is 3. The third-order valence-corrected chi connectivity index (χ3v) is 4.19. The summed E-state index contributed by atoms with van der Waals surface area (Å²) >= 11 is 0. The summed E-state index contributed by atoms with van der Waals surface area (Å²) in [5.74, 6) is -0.115. The Bertz CT molecular complexity index is 490. The van der Waals surface area contributed by atoms with E-state index in [9.17, 15) is 9.59 Å². The minimum Gasteiger partial charge on any atom is -0.456 e. The van der Waals surface area contributed by atoms with E-state index >= 15 is 0 Å². The van der Waals surface area contributed by atoms with Crippen molar-refractivity contribution in [3.8, 4) is 0 Å². The first-order valence-electron chi connectivity index (χ1n) is 8.21. The summed E-state index contributed by atoms with van der Waals surface area (Å²) in [6.45, 7) is 1.88. The number of anilines is 1. The van der Waals surface area contributed by atoms with Crippen LogP contribution in [0.4, 0.5) is 5.69 Å². The van der Waals surface area contributed by atoms with Gasteiger partial charge in [0.2, 0.25) is 0 Å². The molecule has 0 spiro atoms. The van der Waals surface area contributed by atoms with Crippen LogP contribution < -0.4 is 5.32 Å². The Hall–Kier alpha value is -1.84. The van der Waals surface area contributed by atoms with E-state index in [1.807, 2.05) is 24.3 Å². The number of hydrogen-bond donors (Lipinski definition) is 1. The molecule has 1 amide bonds. The van der Waals surface area contributed by atoms with Crippen molar-refractivity contribution < 1.29 is 14.3 Å². The summed E-state index contributed by atoms with van der Waals surface area (Å²) in [6, 6.07) is 7.68. The van der Waals surface area contributed by atoms with Gasteiger partial charge in [0.15, 0.2) is 6.61 Å². The molecule has 1 fully saturated rings. The van der Waals surface area contributed by atoms with Crippen LogP contribution in [0.3, 0.4) is 0 Å². The van der Waals surface area contributed by atoms with Gasteiger partial charge in [0.05, 0.1) is 0 Å². The zero-order valence-electron chi connectivity index (χ0n) is 13.3. The molecule has 1 aromatic carbocycles. The van der Waals surface area contributed by atoms with Crippen molar-refractivity contribution in [3.63, 3.8) is 0 Å². The van der Waals surface area contributed by atoms with E-state index < -0.39 is 0 Å². The Morgan fingerprint density at radius 1 is 1.14 bits per heavy atom. The molecule has 0 aliphatic heterocycles. The number of aryl methyl sites for hydroxylation is 1. The monoisotopic (exact) mass is 303 g/mol. The molecular formula is C18H25NO3. The van der Waals surface area contributed by atoms with Crippen LogP contribution in [0.25, 0.3) is 0 Å². The number of benzene rings is 1. The van der Waals surface area contributed by atoms with Crippen LogP contribution >= 0.6 is 0 Å². The van der Waals surface area contributed by atoms with Gasteiger partial charge in [-0.05, 0) is 42.9 Å². The van der Waals surface area contributed by atoms with Gasteiger partial charge in [-0.2, -0.15) is 0 Å². The Morgan fingerprint density at radius 3 is 2.45 bits per heavy atom. The van der Waals surface area contributed by atoms with Crippen LogP contribution in [0.1, 0.15) is 51.0 Å². The van der Waals surface area contributed by atoms with Crippen molar-refractivity contribution >= 4 is 17.6 Å². The van der Waals surface area contributed by atoms with Crippen molar-refractivity contribution in [1.29, 1.82) is 0 Å². The summed E-state index contributed by atoms with van der Waals surface area (Å²) in [6.07, 6.45) is 7.28. The third kappa shape index (κ3) is 5.51. The molecule has 0 saturated heterocycles. The number of ether oxygens (including phenoxy) is 1. The van der Waals surface area contributed by atoms with Gasteiger partial charge in [-0.25, -0.2) is 0 Å². The maximum Gasteiger partial charge on any atom is 0.306 e. The predicted octanol–water partition coefficient (Wildman–Crippen LogP) is 3.70. The fourth-order valence-electron chi connectivity index (χ4n) is 2.85. The van der Waals surface area contributed by atoms with Gasteiger partial charge in [0, 0.05) is 12.1 Å². The summed E-state index contributed by atoms with van der Waals surface area (Å²) in [7, 11) is 0. The van der Waals surface area contributed by atoms with Crippen LogP contribution in [0.15, 0.2) is 24.3 Å². The lowest BCUT2D eigenvalue weighted by Crippen LogP contribution is -2.22. The van der Waals surface area contributed by atoms with Crippen LogP contribution in [-0.2, 0) is 20.7 Å². The van der Waals surface area contributed by atoms with E-state index in [0.717, 1.165) is 24.9 Å². The predicted molar refractivity (Wildman–Crippen MR) is 86.6 cm³/mol. The minimum absolute atomic E-state index is 0.207. The van der Waals surface area contributed by atoms with Gasteiger partial charge in [-0.15, -0.1) is 0 Å². The van der Waals surface area contributed by atoms with Crippen molar-refractivity contribution in [1.82, 2.24) is 0 Å². The Morgan fingerprint density at radius 2 is 1.82 bits per heavy atom. The Labute approximate surface area is 132 Å². The normalized spacial score (nSPS) is 15.3. The smallest absolute Gasteiger partial charge is 0.306 e. The van der Waals surface area contributed by atoms with Crippen LogP contribution in [0, 0.1) is 5.92 Å². The fraction of sp³-hybridized carbons (Fsp3) is 0.556. The summed E-state index contributed by atoms with van der Waals surface area (Å²) in [5, 5.41) is 2.74. The maximum absolute atomic E-state index is 11.8. The van der Waals surface area contributed by atoms with Crippen LogP contribution in [0.5, 0.6) is 0 Å². The standard InChI is InChI=1S/C18H25NO3/c1-2-14-8-10-16(11-9-14)19-17(20)13-22-18(21)12-15-6-4-3-5-7-15/h8-11,15H,2-7,12-13H2,1H3,(H,19,20). The zero-order valence-corrected chi connectivity index (χ0v) is 13.3. The second-order valence-corrected chi connectivity index (χ2v) is 5.97. The molecule has 22 heavy (non-hydrogen) atoms. The second kappa shape index (κ2) is 8.57. The number of nitrogens with one attached hydrogen (secondary N) is 1. The average Bonchev–Trinajstić information content (AvgIpc) is 2.55. The summed E-state index contributed by atoms with van der Waals surface area (Å²) < 4.78 is 5.07. The lowest BCUT2D eigenvalue weighted by atomic mass is 9.87. The molecule has 1 aromatic rings. The number of esters is 1. The molecule has 2 rings (SSSR count). The Balaban J connectivity index is 1.68. The molecule has 1 aliphatic carbocycles. The van der Waals surface area contributed by atoms with E-state index in [0.29, 0.717) is 12.3 Å². The molecule has 0 heterocycles. The molecule has 0 atom stereocenters. The van der Waals surface area contributed by atoms with E-state index in [-0.39, 0.29) is 18.5 Å². The van der Waals surface area contributed by atoms with Crippen molar-refractivity contribution in [3.05, 3.63) is 29.8 Å². The third-order valence-electron chi connectivity index (χ3n) is 4.19. The second-order valence-electron chi connectivity index (χ2n) is 5.97. The number of carbonyl (C=O) groups is 2. The zero-order chi connectivity index (χ0) is 15.8. The van der Waals surface area contributed by atoms with E-state index in [4.69, 9.17) is 4.74 Å². The number of rotatable bonds is 6. The molecule has 1 N–H and O–H groups in total. The molecule has 0 radical (unpaired) electrons. The van der Waals surface area contributed by atoms with Gasteiger partial charge in [0.1, 0.15) is 0 Å². The molecule has 4 nitrogen and oxygen atoms in total. The SMILES string of the molecule is CCc1ccc(NC(=O)COC(=O)CC2CCCCC2)cc1. The van der Waals surface area contributed by atoms with Gasteiger partial charge < -0.3 is 10.1 Å². The highest BCUT2D eigenvalue weighted by molar-refractivity contribution is 5.92. The van der Waals surface area contributed by atoms with Gasteiger partial charge in [0.25, 0.3) is 5.91 Å². The van der Waals surface area contributed by atoms with Crippen LogP contribution in [0.2, 0.25) is 0 Å². The highest BCUT2D eigenvalue weighted by atomic mass is 16.5. The molecule has 0 aromatic heterocycles. The lowest BCUT2D eigenvalue weighted by Gasteiger charge is -2.20. The first-order valence-corrected chi connectivity index (χ1v) is 8.21. The minimum atomic E-state index is -0.291. The van der Waals surface area contributed by atoms with Crippen LogP contribution in [-0.4, -0.2) is 18.5 Å². The summed E-state index contributed by atoms with van der Waals surface area (Å²) in [5.41, 5.74) is 1.95. The fourth-order valence-corrected chi connectivity index (χ4v) is 2.85. The molecule has 1 aliphatic rings. The maximum atomic E-state index is 11.8. The summed E-state index contributed by atoms with van der Waals surface area (Å²) in [4.78, 5) is 23.5. The van der Waals surface area contributed by atoms with Gasteiger partial charge >= 0.3 is 5.97 Å². The van der Waals surface area contributed by atoms with E-state index in [1.54, 1.807) is 0 Å². The van der Waals surface area contributed by atoms with Gasteiger partial charge in [-0.1, -0.05) is 38.3 Å². The van der Waals surface area contributed by atoms with Crippen molar-refractivity contribution in [2.45, 2.75) is 51.9 Å². The molecule has 0 bridgehead atoms. The molecular weight excluding hydrogens is 278 g/mol. The van der Waals surface area contributed by atoms with Gasteiger partial charge in [-0.3, -0.25) is 9.59 Å².